The third-order valence-electron chi connectivity index (χ3n) is 3.65. The van der Waals surface area contributed by atoms with Gasteiger partial charge in [-0.2, -0.15) is 4.31 Å². The van der Waals surface area contributed by atoms with Gasteiger partial charge in [-0.3, -0.25) is 0 Å². The molecule has 134 valence electrons. The number of rotatable bonds is 5. The Morgan fingerprint density at radius 3 is 2.64 bits per heavy atom. The summed E-state index contributed by atoms with van der Waals surface area (Å²) in [4.78, 5) is 5.10. The van der Waals surface area contributed by atoms with Gasteiger partial charge in [0, 0.05) is 23.7 Å². The van der Waals surface area contributed by atoms with E-state index < -0.39 is 10.0 Å². The molecular formula is C16H20N4O3S2. The normalized spacial score (nSPS) is 16.7. The smallest absolute Gasteiger partial charge is 0.252 e. The number of thiophene rings is 1. The molecule has 1 aromatic heterocycles. The van der Waals surface area contributed by atoms with E-state index in [2.05, 4.69) is 10.3 Å². The second-order valence-corrected chi connectivity index (χ2v) is 8.76. The molecule has 0 radical (unpaired) electrons. The molecule has 7 nitrogen and oxygen atoms in total. The van der Waals surface area contributed by atoms with E-state index in [0.29, 0.717) is 37.1 Å². The number of ether oxygens (including phenoxy) is 1. The van der Waals surface area contributed by atoms with Crippen molar-refractivity contribution in [3.63, 3.8) is 0 Å². The molecule has 2 heterocycles. The van der Waals surface area contributed by atoms with Gasteiger partial charge in [0.25, 0.3) is 10.0 Å². The maximum absolute atomic E-state index is 12.6. The molecule has 3 N–H and O–H groups in total. The molecule has 1 fully saturated rings. The van der Waals surface area contributed by atoms with Crippen LogP contribution < -0.4 is 11.1 Å². The zero-order valence-corrected chi connectivity index (χ0v) is 15.2. The Morgan fingerprint density at radius 2 is 1.92 bits per heavy atom. The highest BCUT2D eigenvalue weighted by atomic mass is 32.2. The van der Waals surface area contributed by atoms with Crippen LogP contribution in [0.5, 0.6) is 0 Å². The molecule has 25 heavy (non-hydrogen) atoms. The van der Waals surface area contributed by atoms with Crippen molar-refractivity contribution in [1.29, 1.82) is 0 Å². The molecule has 0 bridgehead atoms. The van der Waals surface area contributed by atoms with Crippen molar-refractivity contribution in [2.24, 2.45) is 10.7 Å². The minimum atomic E-state index is -3.45. The second-order valence-electron chi connectivity index (χ2n) is 5.43. The summed E-state index contributed by atoms with van der Waals surface area (Å²) in [6.45, 7) is 1.98. The fourth-order valence-electron chi connectivity index (χ4n) is 2.37. The first kappa shape index (κ1) is 17.9. The predicted octanol–water partition coefficient (Wildman–Crippen LogP) is 1.70. The first-order valence-electron chi connectivity index (χ1n) is 7.84. The van der Waals surface area contributed by atoms with Crippen LogP contribution in [0.15, 0.2) is 51.7 Å². The highest BCUT2D eigenvalue weighted by Gasteiger charge is 2.27. The summed E-state index contributed by atoms with van der Waals surface area (Å²) in [5.74, 6) is 0.289. The van der Waals surface area contributed by atoms with Gasteiger partial charge in [-0.15, -0.1) is 11.3 Å². The molecule has 0 atom stereocenters. The Bertz CT molecular complexity index is 828. The molecule has 0 unspecified atom stereocenters. The van der Waals surface area contributed by atoms with Crippen molar-refractivity contribution in [1.82, 2.24) is 4.31 Å². The van der Waals surface area contributed by atoms with E-state index in [4.69, 9.17) is 10.5 Å². The van der Waals surface area contributed by atoms with Crippen molar-refractivity contribution in [3.05, 3.63) is 47.3 Å². The highest BCUT2D eigenvalue weighted by molar-refractivity contribution is 7.91. The van der Waals surface area contributed by atoms with Crippen molar-refractivity contribution in [2.45, 2.75) is 10.8 Å². The van der Waals surface area contributed by atoms with E-state index in [-0.39, 0.29) is 5.96 Å². The molecule has 9 heteroatoms. The maximum Gasteiger partial charge on any atom is 0.252 e. The Balaban J connectivity index is 1.64. The van der Waals surface area contributed by atoms with Crippen molar-refractivity contribution >= 4 is 33.0 Å². The number of anilines is 1. The number of hydrogen-bond acceptors (Lipinski definition) is 5. The Kier molecular flexibility index (Phi) is 5.69. The number of nitrogens with two attached hydrogens (primary N) is 1. The topological polar surface area (TPSA) is 97.0 Å². The van der Waals surface area contributed by atoms with Gasteiger partial charge in [-0.05, 0) is 24.3 Å². The monoisotopic (exact) mass is 380 g/mol. The first-order chi connectivity index (χ1) is 12.1. The quantitative estimate of drug-likeness (QED) is 0.608. The molecule has 0 spiro atoms. The molecule has 1 aliphatic rings. The van der Waals surface area contributed by atoms with Gasteiger partial charge in [-0.1, -0.05) is 18.2 Å². The Hall–Kier alpha value is -1.94. The van der Waals surface area contributed by atoms with Gasteiger partial charge in [-0.25, -0.2) is 13.4 Å². The zero-order valence-electron chi connectivity index (χ0n) is 13.6. The van der Waals surface area contributed by atoms with E-state index >= 15 is 0 Å². The molecule has 1 aliphatic heterocycles. The van der Waals surface area contributed by atoms with Crippen LogP contribution in [0.3, 0.4) is 0 Å². The van der Waals surface area contributed by atoms with E-state index in [0.717, 1.165) is 10.6 Å². The summed E-state index contributed by atoms with van der Waals surface area (Å²) in [5.41, 5.74) is 6.72. The number of nitrogens with zero attached hydrogens (tertiary/aromatic N) is 2. The summed E-state index contributed by atoms with van der Waals surface area (Å²) >= 11 is 1.22. The van der Waals surface area contributed by atoms with Crippen LogP contribution >= 0.6 is 11.3 Å². The fraction of sp³-hybridized carbons (Fsp3) is 0.312. The molecule has 0 saturated carbocycles. The van der Waals surface area contributed by atoms with Gasteiger partial charge in [0.15, 0.2) is 5.96 Å². The van der Waals surface area contributed by atoms with Crippen LogP contribution in [0.4, 0.5) is 5.69 Å². The van der Waals surface area contributed by atoms with E-state index in [9.17, 15) is 8.42 Å². The molecule has 0 aliphatic carbocycles. The summed E-state index contributed by atoms with van der Waals surface area (Å²) < 4.78 is 32.2. The highest BCUT2D eigenvalue weighted by Crippen LogP contribution is 2.26. The number of nitrogens with one attached hydrogen (secondary N) is 1. The average Bonchev–Trinajstić information content (AvgIpc) is 3.11. The number of para-hydroxylation sites is 1. The lowest BCUT2D eigenvalue weighted by Gasteiger charge is -2.25. The third-order valence-corrected chi connectivity index (χ3v) is 7.09. The zero-order chi connectivity index (χ0) is 17.7. The first-order valence-corrected chi connectivity index (χ1v) is 10.1. The molecule has 3 rings (SSSR count). The molecular weight excluding hydrogens is 360 g/mol. The number of benzene rings is 1. The predicted molar refractivity (Wildman–Crippen MR) is 99.3 cm³/mol. The third kappa shape index (κ3) is 4.57. The summed E-state index contributed by atoms with van der Waals surface area (Å²) in [5, 5.41) is 2.99. The fourth-order valence-corrected chi connectivity index (χ4v) is 5.21. The summed E-state index contributed by atoms with van der Waals surface area (Å²) in [6, 6.07) is 12.9. The maximum atomic E-state index is 12.6. The molecule has 0 amide bonds. The number of hydrogen-bond donors (Lipinski definition) is 2. The van der Waals surface area contributed by atoms with E-state index in [1.807, 2.05) is 30.3 Å². The minimum absolute atomic E-state index is 0.289. The van der Waals surface area contributed by atoms with E-state index in [1.54, 1.807) is 12.1 Å². The standard InChI is InChI=1S/C16H20N4O3S2/c17-16(19-13-4-2-1-3-5-13)18-12-14-6-7-15(24-14)25(21,22)20-8-10-23-11-9-20/h1-7H,8-12H2,(H3,17,18,19). The van der Waals surface area contributed by atoms with Crippen molar-refractivity contribution in [2.75, 3.05) is 31.6 Å². The van der Waals surface area contributed by atoms with Gasteiger partial charge >= 0.3 is 0 Å². The lowest BCUT2D eigenvalue weighted by atomic mass is 10.3. The van der Waals surface area contributed by atoms with E-state index in [1.165, 1.54) is 15.6 Å². The van der Waals surface area contributed by atoms with Crippen LogP contribution in [0.25, 0.3) is 0 Å². The SMILES string of the molecule is NC(=NCc1ccc(S(=O)(=O)N2CCOCC2)s1)Nc1ccccc1. The van der Waals surface area contributed by atoms with Crippen molar-refractivity contribution < 1.29 is 13.2 Å². The number of sulfonamides is 1. The van der Waals surface area contributed by atoms with Gasteiger partial charge in [0.1, 0.15) is 4.21 Å². The minimum Gasteiger partial charge on any atom is -0.379 e. The lowest BCUT2D eigenvalue weighted by molar-refractivity contribution is 0.0731. The Labute approximate surface area is 151 Å². The molecule has 1 aromatic carbocycles. The average molecular weight is 380 g/mol. The lowest BCUT2D eigenvalue weighted by Crippen LogP contribution is -2.40. The van der Waals surface area contributed by atoms with Gasteiger partial charge in [0.2, 0.25) is 0 Å². The summed E-state index contributed by atoms with van der Waals surface area (Å²) in [6.07, 6.45) is 0. The largest absolute Gasteiger partial charge is 0.379 e. The van der Waals surface area contributed by atoms with Crippen LogP contribution in [0.2, 0.25) is 0 Å². The van der Waals surface area contributed by atoms with Crippen LogP contribution in [0, 0.1) is 0 Å². The van der Waals surface area contributed by atoms with Gasteiger partial charge in [0.05, 0.1) is 19.8 Å². The number of guanidine groups is 1. The molecule has 1 saturated heterocycles. The number of aliphatic imine (C=N–C) groups is 1. The summed E-state index contributed by atoms with van der Waals surface area (Å²) in [7, 11) is -3.45. The van der Waals surface area contributed by atoms with Crippen molar-refractivity contribution in [3.8, 4) is 0 Å². The number of morpholine rings is 1. The van der Waals surface area contributed by atoms with Crippen LogP contribution in [0.1, 0.15) is 4.88 Å². The van der Waals surface area contributed by atoms with Crippen LogP contribution in [-0.2, 0) is 21.3 Å². The second kappa shape index (κ2) is 7.96. The Morgan fingerprint density at radius 1 is 1.20 bits per heavy atom. The van der Waals surface area contributed by atoms with Crippen LogP contribution in [-0.4, -0.2) is 45.0 Å². The molecule has 2 aromatic rings. The van der Waals surface area contributed by atoms with Gasteiger partial charge < -0.3 is 15.8 Å².